The number of H-pyrrole nitrogens is 1. The van der Waals surface area contributed by atoms with Crippen molar-refractivity contribution in [2.75, 3.05) is 0 Å². The Bertz CT molecular complexity index is 740. The van der Waals surface area contributed by atoms with Gasteiger partial charge in [0.1, 0.15) is 11.4 Å². The lowest BCUT2D eigenvalue weighted by molar-refractivity contribution is -0.123. The molecule has 2 heterocycles. The second-order valence-electron chi connectivity index (χ2n) is 4.33. The molecule has 0 radical (unpaired) electrons. The zero-order valence-corrected chi connectivity index (χ0v) is 10.7. The maximum atomic E-state index is 11.6. The van der Waals surface area contributed by atoms with Crippen LogP contribution >= 0.6 is 0 Å². The van der Waals surface area contributed by atoms with Crippen molar-refractivity contribution in [2.24, 2.45) is 0 Å². The second kappa shape index (κ2) is 5.04. The number of aromatic amines is 1. The molecular formula is C14H10N4O3. The smallest absolute Gasteiger partial charge is 0.328 e. The van der Waals surface area contributed by atoms with Gasteiger partial charge >= 0.3 is 6.03 Å². The maximum Gasteiger partial charge on any atom is 0.328 e. The third-order valence-electron chi connectivity index (χ3n) is 2.89. The molecule has 0 atom stereocenters. The van der Waals surface area contributed by atoms with Crippen LogP contribution in [0.3, 0.4) is 0 Å². The Labute approximate surface area is 119 Å². The van der Waals surface area contributed by atoms with Crippen LogP contribution in [0.1, 0.15) is 5.82 Å². The van der Waals surface area contributed by atoms with Gasteiger partial charge in [-0.15, -0.1) is 0 Å². The molecule has 1 saturated heterocycles. The van der Waals surface area contributed by atoms with E-state index in [4.69, 9.17) is 0 Å². The van der Waals surface area contributed by atoms with Gasteiger partial charge in [-0.1, -0.05) is 30.3 Å². The summed E-state index contributed by atoms with van der Waals surface area (Å²) in [6.07, 6.45) is 2.97. The molecule has 0 aliphatic carbocycles. The molecular weight excluding hydrogens is 272 g/mol. The first kappa shape index (κ1) is 12.8. The second-order valence-corrected chi connectivity index (χ2v) is 4.33. The van der Waals surface area contributed by atoms with Crippen LogP contribution in [-0.4, -0.2) is 27.8 Å². The number of imidazole rings is 1. The molecule has 0 spiro atoms. The molecule has 1 aliphatic heterocycles. The molecule has 21 heavy (non-hydrogen) atoms. The van der Waals surface area contributed by atoms with Crippen molar-refractivity contribution in [2.45, 2.75) is 0 Å². The Hall–Kier alpha value is -3.22. The summed E-state index contributed by atoms with van der Waals surface area (Å²) < 4.78 is 0. The first-order chi connectivity index (χ1) is 10.1. The van der Waals surface area contributed by atoms with Gasteiger partial charge in [-0.3, -0.25) is 20.2 Å². The zero-order chi connectivity index (χ0) is 14.8. The molecule has 3 N–H and O–H groups in total. The number of aromatic nitrogens is 2. The van der Waals surface area contributed by atoms with Crippen molar-refractivity contribution >= 4 is 23.9 Å². The molecule has 0 saturated carbocycles. The number of carbonyl (C=O) groups excluding carboxylic acids is 3. The summed E-state index contributed by atoms with van der Waals surface area (Å²) in [4.78, 5) is 41.3. The number of nitrogens with zero attached hydrogens (tertiary/aromatic N) is 1. The van der Waals surface area contributed by atoms with E-state index in [9.17, 15) is 14.4 Å². The lowest BCUT2D eigenvalue weighted by Gasteiger charge is -2.13. The Morgan fingerprint density at radius 3 is 2.29 bits per heavy atom. The Balaban J connectivity index is 1.90. The summed E-state index contributed by atoms with van der Waals surface area (Å²) >= 11 is 0. The van der Waals surface area contributed by atoms with E-state index in [0.717, 1.165) is 5.56 Å². The molecule has 0 bridgehead atoms. The predicted molar refractivity (Wildman–Crippen MR) is 73.7 cm³/mol. The summed E-state index contributed by atoms with van der Waals surface area (Å²) in [5, 5.41) is 4.00. The van der Waals surface area contributed by atoms with Gasteiger partial charge in [0.2, 0.25) is 0 Å². The molecule has 1 fully saturated rings. The van der Waals surface area contributed by atoms with Crippen molar-refractivity contribution in [3.63, 3.8) is 0 Å². The quantitative estimate of drug-likeness (QED) is 0.560. The minimum Gasteiger partial charge on any atom is -0.344 e. The molecule has 3 rings (SSSR count). The van der Waals surface area contributed by atoms with Gasteiger partial charge in [0.15, 0.2) is 0 Å². The number of hydrogen-bond acceptors (Lipinski definition) is 4. The summed E-state index contributed by atoms with van der Waals surface area (Å²) in [6, 6.07) is 8.63. The van der Waals surface area contributed by atoms with E-state index in [-0.39, 0.29) is 5.57 Å². The lowest BCUT2D eigenvalue weighted by Crippen LogP contribution is -2.51. The Morgan fingerprint density at radius 1 is 0.952 bits per heavy atom. The highest BCUT2D eigenvalue weighted by Crippen LogP contribution is 2.17. The van der Waals surface area contributed by atoms with Crippen LogP contribution < -0.4 is 10.6 Å². The van der Waals surface area contributed by atoms with Crippen LogP contribution in [0, 0.1) is 0 Å². The van der Waals surface area contributed by atoms with Gasteiger partial charge in [0, 0.05) is 11.8 Å². The van der Waals surface area contributed by atoms with Crippen molar-refractivity contribution < 1.29 is 14.4 Å². The van der Waals surface area contributed by atoms with E-state index in [1.165, 1.54) is 6.08 Å². The van der Waals surface area contributed by atoms with Gasteiger partial charge in [-0.2, -0.15) is 0 Å². The number of urea groups is 1. The number of rotatable bonds is 2. The van der Waals surface area contributed by atoms with E-state index in [1.807, 2.05) is 41.0 Å². The first-order valence-corrected chi connectivity index (χ1v) is 6.12. The number of benzene rings is 1. The molecule has 1 aliphatic rings. The van der Waals surface area contributed by atoms with E-state index >= 15 is 0 Å². The van der Waals surface area contributed by atoms with Crippen LogP contribution in [-0.2, 0) is 9.59 Å². The third kappa shape index (κ3) is 2.57. The summed E-state index contributed by atoms with van der Waals surface area (Å²) in [7, 11) is 0. The fourth-order valence-corrected chi connectivity index (χ4v) is 1.91. The minimum atomic E-state index is -0.827. The average Bonchev–Trinajstić information content (AvgIpc) is 2.92. The molecule has 2 aromatic rings. The van der Waals surface area contributed by atoms with E-state index in [2.05, 4.69) is 9.97 Å². The highest BCUT2D eigenvalue weighted by molar-refractivity contribution is 6.30. The summed E-state index contributed by atoms with van der Waals surface area (Å²) in [5.41, 5.74) is 1.42. The largest absolute Gasteiger partial charge is 0.344 e. The molecule has 1 aromatic carbocycles. The van der Waals surface area contributed by atoms with Crippen molar-refractivity contribution in [1.82, 2.24) is 20.6 Å². The number of hydrogen-bond donors (Lipinski definition) is 3. The lowest BCUT2D eigenvalue weighted by atomic mass is 10.2. The number of carbonyl (C=O) groups is 3. The van der Waals surface area contributed by atoms with Gasteiger partial charge in [0.05, 0.1) is 5.69 Å². The fourth-order valence-electron chi connectivity index (χ4n) is 1.91. The number of barbiturate groups is 1. The normalized spacial score (nSPS) is 14.7. The molecule has 1 aromatic heterocycles. The maximum absolute atomic E-state index is 11.6. The van der Waals surface area contributed by atoms with E-state index < -0.39 is 17.8 Å². The molecule has 4 amide bonds. The van der Waals surface area contributed by atoms with Gasteiger partial charge < -0.3 is 4.98 Å². The van der Waals surface area contributed by atoms with Crippen LogP contribution in [0.25, 0.3) is 17.3 Å². The average molecular weight is 282 g/mol. The molecule has 0 unspecified atom stereocenters. The van der Waals surface area contributed by atoms with Gasteiger partial charge in [-0.25, -0.2) is 9.78 Å². The van der Waals surface area contributed by atoms with Crippen LogP contribution in [0.15, 0.2) is 42.1 Å². The van der Waals surface area contributed by atoms with Crippen LogP contribution in [0.2, 0.25) is 0 Å². The Morgan fingerprint density at radius 2 is 1.62 bits per heavy atom. The van der Waals surface area contributed by atoms with Gasteiger partial charge in [0.25, 0.3) is 11.8 Å². The Kier molecular flexibility index (Phi) is 3.07. The minimum absolute atomic E-state index is 0.177. The van der Waals surface area contributed by atoms with Gasteiger partial charge in [-0.05, 0) is 6.08 Å². The number of nitrogens with one attached hydrogen (secondary N) is 3. The SMILES string of the molecule is O=C1NC(=O)C(=Cc2nc(-c3ccccc3)c[nH]2)C(=O)N1. The third-order valence-corrected chi connectivity index (χ3v) is 2.89. The van der Waals surface area contributed by atoms with Crippen molar-refractivity contribution in [3.05, 3.63) is 47.9 Å². The zero-order valence-electron chi connectivity index (χ0n) is 10.7. The van der Waals surface area contributed by atoms with Crippen LogP contribution in [0.5, 0.6) is 0 Å². The molecule has 7 nitrogen and oxygen atoms in total. The first-order valence-electron chi connectivity index (χ1n) is 6.12. The summed E-state index contributed by atoms with van der Waals surface area (Å²) in [6.45, 7) is 0. The fraction of sp³-hybridized carbons (Fsp3) is 0. The topological polar surface area (TPSA) is 104 Å². The highest BCUT2D eigenvalue weighted by Gasteiger charge is 2.27. The van der Waals surface area contributed by atoms with E-state index in [0.29, 0.717) is 11.5 Å². The van der Waals surface area contributed by atoms with E-state index in [1.54, 1.807) is 6.20 Å². The predicted octanol–water partition coefficient (Wildman–Crippen LogP) is 0.826. The van der Waals surface area contributed by atoms with Crippen LogP contribution in [0.4, 0.5) is 4.79 Å². The molecule has 7 heteroatoms. The molecule has 104 valence electrons. The number of imide groups is 2. The number of amides is 4. The monoisotopic (exact) mass is 282 g/mol. The summed E-state index contributed by atoms with van der Waals surface area (Å²) in [5.74, 6) is -1.15. The van der Waals surface area contributed by atoms with Crippen molar-refractivity contribution in [3.8, 4) is 11.3 Å². The van der Waals surface area contributed by atoms with Crippen molar-refractivity contribution in [1.29, 1.82) is 0 Å². The standard InChI is InChI=1S/C14H10N4O3/c19-12-9(13(20)18-14(21)17-12)6-11-15-7-10(16-11)8-4-2-1-3-5-8/h1-7H,(H,15,16)(H2,17,18,19,20,21). The highest BCUT2D eigenvalue weighted by atomic mass is 16.2.